The molecule has 3 heteroatoms. The van der Waals surface area contributed by atoms with Gasteiger partial charge < -0.3 is 10.4 Å². The zero-order valence-corrected chi connectivity index (χ0v) is 7.95. The first kappa shape index (κ1) is 10.2. The molecule has 0 fully saturated rings. The predicted molar refractivity (Wildman–Crippen MR) is 52.4 cm³/mol. The Hall–Kier alpha value is -0.930. The first-order chi connectivity index (χ1) is 6.33. The molecule has 72 valence electrons. The summed E-state index contributed by atoms with van der Waals surface area (Å²) in [6, 6.07) is 2.11. The molecule has 0 aromatic carbocycles. The number of nitrogens with zero attached hydrogens (tertiary/aromatic N) is 1. The number of pyridine rings is 1. The average Bonchev–Trinajstić information content (AvgIpc) is 2.13. The van der Waals surface area contributed by atoms with Crippen LogP contribution in [0.25, 0.3) is 0 Å². The van der Waals surface area contributed by atoms with Crippen molar-refractivity contribution in [2.75, 3.05) is 13.2 Å². The fourth-order valence-corrected chi connectivity index (χ4v) is 1.15. The highest BCUT2D eigenvalue weighted by atomic mass is 16.3. The lowest BCUT2D eigenvalue weighted by atomic mass is 10.2. The van der Waals surface area contributed by atoms with Crippen molar-refractivity contribution in [2.24, 2.45) is 0 Å². The predicted octanol–water partition coefficient (Wildman–Crippen LogP) is 0.862. The second kappa shape index (κ2) is 5.67. The van der Waals surface area contributed by atoms with Gasteiger partial charge in [0, 0.05) is 25.5 Å². The molecule has 0 unspecified atom stereocenters. The van der Waals surface area contributed by atoms with E-state index in [0.717, 1.165) is 19.5 Å². The van der Waals surface area contributed by atoms with E-state index in [9.17, 15) is 0 Å². The summed E-state index contributed by atoms with van der Waals surface area (Å²) in [4.78, 5) is 4.09. The molecular weight excluding hydrogens is 164 g/mol. The normalized spacial score (nSPS) is 10.3. The summed E-state index contributed by atoms with van der Waals surface area (Å²) in [7, 11) is 0. The molecule has 3 nitrogen and oxygen atoms in total. The number of aliphatic hydroxyl groups is 1. The molecule has 0 aliphatic rings. The Kier molecular flexibility index (Phi) is 4.43. The average molecular weight is 180 g/mol. The van der Waals surface area contributed by atoms with Crippen LogP contribution in [0.2, 0.25) is 0 Å². The van der Waals surface area contributed by atoms with Crippen molar-refractivity contribution in [3.63, 3.8) is 0 Å². The maximum absolute atomic E-state index is 8.56. The Bertz CT molecular complexity index is 250. The van der Waals surface area contributed by atoms with Gasteiger partial charge in [-0.3, -0.25) is 4.98 Å². The van der Waals surface area contributed by atoms with Crippen LogP contribution < -0.4 is 5.32 Å². The van der Waals surface area contributed by atoms with Crippen molar-refractivity contribution in [3.05, 3.63) is 29.6 Å². The fourth-order valence-electron chi connectivity index (χ4n) is 1.15. The standard InChI is InChI=1S/C10H16N2O/c1-9-5-10(8-12-6-9)7-11-3-2-4-13/h5-6,8,11,13H,2-4,7H2,1H3. The smallest absolute Gasteiger partial charge is 0.0443 e. The molecular formula is C10H16N2O. The molecule has 0 bridgehead atoms. The molecule has 0 saturated carbocycles. The highest BCUT2D eigenvalue weighted by Crippen LogP contribution is 1.99. The molecule has 1 rings (SSSR count). The van der Waals surface area contributed by atoms with E-state index in [1.165, 1.54) is 11.1 Å². The summed E-state index contributed by atoms with van der Waals surface area (Å²) in [5.41, 5.74) is 2.37. The summed E-state index contributed by atoms with van der Waals surface area (Å²) < 4.78 is 0. The van der Waals surface area contributed by atoms with Gasteiger partial charge in [0.15, 0.2) is 0 Å². The quantitative estimate of drug-likeness (QED) is 0.661. The Morgan fingerprint density at radius 1 is 1.46 bits per heavy atom. The zero-order chi connectivity index (χ0) is 9.52. The van der Waals surface area contributed by atoms with Gasteiger partial charge in [-0.25, -0.2) is 0 Å². The monoisotopic (exact) mass is 180 g/mol. The molecule has 0 spiro atoms. The minimum absolute atomic E-state index is 0.249. The van der Waals surface area contributed by atoms with E-state index in [2.05, 4.69) is 16.4 Å². The van der Waals surface area contributed by atoms with E-state index < -0.39 is 0 Å². The molecule has 2 N–H and O–H groups in total. The Morgan fingerprint density at radius 3 is 3.00 bits per heavy atom. The summed E-state index contributed by atoms with van der Waals surface area (Å²) in [5.74, 6) is 0. The lowest BCUT2D eigenvalue weighted by molar-refractivity contribution is 0.286. The van der Waals surface area contributed by atoms with Crippen molar-refractivity contribution in [1.82, 2.24) is 10.3 Å². The maximum Gasteiger partial charge on any atom is 0.0443 e. The highest BCUT2D eigenvalue weighted by Gasteiger charge is 1.92. The Balaban J connectivity index is 2.28. The van der Waals surface area contributed by atoms with E-state index in [1.807, 2.05) is 19.3 Å². The van der Waals surface area contributed by atoms with Crippen molar-refractivity contribution < 1.29 is 5.11 Å². The summed E-state index contributed by atoms with van der Waals surface area (Å²) >= 11 is 0. The lowest BCUT2D eigenvalue weighted by Gasteiger charge is -2.03. The first-order valence-corrected chi connectivity index (χ1v) is 4.55. The molecule has 1 aromatic rings. The van der Waals surface area contributed by atoms with Crippen LogP contribution in [0.3, 0.4) is 0 Å². The van der Waals surface area contributed by atoms with Gasteiger partial charge in [0.2, 0.25) is 0 Å². The second-order valence-corrected chi connectivity index (χ2v) is 3.12. The van der Waals surface area contributed by atoms with Crippen molar-refractivity contribution in [1.29, 1.82) is 0 Å². The third-order valence-corrected chi connectivity index (χ3v) is 1.77. The summed E-state index contributed by atoms with van der Waals surface area (Å²) in [6.45, 7) is 3.96. The largest absolute Gasteiger partial charge is 0.396 e. The van der Waals surface area contributed by atoms with Crippen molar-refractivity contribution >= 4 is 0 Å². The van der Waals surface area contributed by atoms with Gasteiger partial charge in [-0.05, 0) is 31.0 Å². The van der Waals surface area contributed by atoms with Crippen LogP contribution in [0.4, 0.5) is 0 Å². The van der Waals surface area contributed by atoms with E-state index in [4.69, 9.17) is 5.11 Å². The topological polar surface area (TPSA) is 45.2 Å². The number of aryl methyl sites for hydroxylation is 1. The Morgan fingerprint density at radius 2 is 2.31 bits per heavy atom. The van der Waals surface area contributed by atoms with Gasteiger partial charge in [0.1, 0.15) is 0 Å². The minimum atomic E-state index is 0.249. The maximum atomic E-state index is 8.56. The molecule has 0 radical (unpaired) electrons. The molecule has 0 atom stereocenters. The van der Waals surface area contributed by atoms with Crippen LogP contribution in [0, 0.1) is 6.92 Å². The van der Waals surface area contributed by atoms with E-state index in [0.29, 0.717) is 0 Å². The van der Waals surface area contributed by atoms with Crippen LogP contribution in [0.15, 0.2) is 18.5 Å². The fraction of sp³-hybridized carbons (Fsp3) is 0.500. The van der Waals surface area contributed by atoms with Crippen LogP contribution in [-0.4, -0.2) is 23.2 Å². The number of nitrogens with one attached hydrogen (secondary N) is 1. The van der Waals surface area contributed by atoms with E-state index in [-0.39, 0.29) is 6.61 Å². The summed E-state index contributed by atoms with van der Waals surface area (Å²) in [5, 5.41) is 11.8. The number of rotatable bonds is 5. The summed E-state index contributed by atoms with van der Waals surface area (Å²) in [6.07, 6.45) is 4.51. The van der Waals surface area contributed by atoms with Gasteiger partial charge in [0.05, 0.1) is 0 Å². The number of hydrogen-bond donors (Lipinski definition) is 2. The first-order valence-electron chi connectivity index (χ1n) is 4.55. The molecule has 13 heavy (non-hydrogen) atoms. The van der Waals surface area contributed by atoms with Crippen LogP contribution >= 0.6 is 0 Å². The molecule has 1 heterocycles. The third kappa shape index (κ3) is 4.01. The number of aromatic nitrogens is 1. The molecule has 0 saturated heterocycles. The zero-order valence-electron chi connectivity index (χ0n) is 7.95. The molecule has 0 aliphatic carbocycles. The van der Waals surface area contributed by atoms with E-state index >= 15 is 0 Å². The van der Waals surface area contributed by atoms with Gasteiger partial charge in [-0.1, -0.05) is 6.07 Å². The van der Waals surface area contributed by atoms with Crippen LogP contribution in [-0.2, 0) is 6.54 Å². The second-order valence-electron chi connectivity index (χ2n) is 3.12. The third-order valence-electron chi connectivity index (χ3n) is 1.77. The van der Waals surface area contributed by atoms with Crippen LogP contribution in [0.5, 0.6) is 0 Å². The van der Waals surface area contributed by atoms with Gasteiger partial charge in [0.25, 0.3) is 0 Å². The van der Waals surface area contributed by atoms with Crippen molar-refractivity contribution in [3.8, 4) is 0 Å². The lowest BCUT2D eigenvalue weighted by Crippen LogP contribution is -2.15. The van der Waals surface area contributed by atoms with Gasteiger partial charge >= 0.3 is 0 Å². The number of hydrogen-bond acceptors (Lipinski definition) is 3. The van der Waals surface area contributed by atoms with E-state index in [1.54, 1.807) is 0 Å². The number of aliphatic hydroxyl groups excluding tert-OH is 1. The minimum Gasteiger partial charge on any atom is -0.396 e. The molecule has 1 aromatic heterocycles. The van der Waals surface area contributed by atoms with Crippen molar-refractivity contribution in [2.45, 2.75) is 19.9 Å². The molecule has 0 aliphatic heterocycles. The highest BCUT2D eigenvalue weighted by molar-refractivity contribution is 5.16. The molecule has 0 amide bonds. The van der Waals surface area contributed by atoms with Gasteiger partial charge in [-0.15, -0.1) is 0 Å². The SMILES string of the molecule is Cc1cncc(CNCCCO)c1. The van der Waals surface area contributed by atoms with Gasteiger partial charge in [-0.2, -0.15) is 0 Å². The Labute approximate surface area is 78.8 Å². The van der Waals surface area contributed by atoms with Crippen LogP contribution in [0.1, 0.15) is 17.5 Å².